The van der Waals surface area contributed by atoms with Gasteiger partial charge in [-0.1, -0.05) is 11.6 Å². The van der Waals surface area contributed by atoms with Crippen molar-refractivity contribution in [2.75, 3.05) is 20.1 Å². The van der Waals surface area contributed by atoms with E-state index in [1.54, 1.807) is 12.1 Å². The number of hydrazine groups is 1. The van der Waals surface area contributed by atoms with Crippen LogP contribution in [0.4, 0.5) is 4.39 Å². The predicted octanol–water partition coefficient (Wildman–Crippen LogP) is 2.78. The molecule has 2 aromatic rings. The summed E-state index contributed by atoms with van der Waals surface area (Å²) in [7, 11) is 2.22. The lowest BCUT2D eigenvalue weighted by Crippen LogP contribution is -3.11. The van der Waals surface area contributed by atoms with Gasteiger partial charge in [0.25, 0.3) is 0 Å². The standard InChI is InChI=1S/C21H21ClFN3O/c1-25-10-8-21(9-11-25)26-19(17-12-15(22)4-7-20(17)27-21)13-18(24-26)14-2-5-16(23)6-3-14/h2-7,12-13,19,24H,8-11H2,1H3/p+1. The Balaban J connectivity index is 1.58. The minimum atomic E-state index is -0.386. The summed E-state index contributed by atoms with van der Waals surface area (Å²) in [5.74, 6) is 0.670. The molecule has 3 heterocycles. The normalized spacial score (nSPS) is 29.5. The Labute approximate surface area is 163 Å². The lowest BCUT2D eigenvalue weighted by molar-refractivity contribution is -0.888. The summed E-state index contributed by atoms with van der Waals surface area (Å²) in [6, 6.07) is 12.5. The molecule has 2 N–H and O–H groups in total. The van der Waals surface area contributed by atoms with E-state index >= 15 is 0 Å². The van der Waals surface area contributed by atoms with Crippen LogP contribution in [0, 0.1) is 5.82 Å². The molecule has 0 aromatic heterocycles. The maximum atomic E-state index is 13.3. The zero-order valence-electron chi connectivity index (χ0n) is 15.1. The van der Waals surface area contributed by atoms with Gasteiger partial charge in [-0.2, -0.15) is 5.01 Å². The van der Waals surface area contributed by atoms with Gasteiger partial charge < -0.3 is 15.1 Å². The molecule has 3 aliphatic rings. The van der Waals surface area contributed by atoms with Gasteiger partial charge in [0.2, 0.25) is 0 Å². The Morgan fingerprint density at radius 1 is 1.19 bits per heavy atom. The van der Waals surface area contributed by atoms with Crippen molar-refractivity contribution < 1.29 is 14.0 Å². The Hall–Kier alpha value is -2.08. The summed E-state index contributed by atoms with van der Waals surface area (Å²) >= 11 is 6.27. The van der Waals surface area contributed by atoms with E-state index in [4.69, 9.17) is 16.3 Å². The lowest BCUT2D eigenvalue weighted by Gasteiger charge is -2.50. The number of halogens is 2. The summed E-state index contributed by atoms with van der Waals surface area (Å²) < 4.78 is 19.9. The van der Waals surface area contributed by atoms with Gasteiger partial charge >= 0.3 is 0 Å². The van der Waals surface area contributed by atoms with Crippen molar-refractivity contribution in [1.29, 1.82) is 0 Å². The van der Waals surface area contributed by atoms with Crippen molar-refractivity contribution in [2.24, 2.45) is 0 Å². The van der Waals surface area contributed by atoms with E-state index in [0.717, 1.165) is 48.5 Å². The van der Waals surface area contributed by atoms with Crippen LogP contribution in [0.1, 0.15) is 30.0 Å². The Morgan fingerprint density at radius 3 is 2.67 bits per heavy atom. The fraction of sp³-hybridized carbons (Fsp3) is 0.333. The third-order valence-corrected chi connectivity index (χ3v) is 6.15. The molecule has 4 nitrogen and oxygen atoms in total. The summed E-state index contributed by atoms with van der Waals surface area (Å²) in [6.07, 6.45) is 4.07. The highest BCUT2D eigenvalue weighted by Crippen LogP contribution is 2.48. The number of piperidine rings is 1. The molecule has 1 unspecified atom stereocenters. The number of ether oxygens (including phenoxy) is 1. The number of rotatable bonds is 1. The molecule has 5 rings (SSSR count). The molecule has 1 spiro atoms. The largest absolute Gasteiger partial charge is 0.470 e. The number of nitrogens with one attached hydrogen (secondary N) is 2. The quantitative estimate of drug-likeness (QED) is 0.789. The van der Waals surface area contributed by atoms with E-state index in [0.29, 0.717) is 5.02 Å². The van der Waals surface area contributed by atoms with E-state index in [2.05, 4.69) is 23.6 Å². The molecule has 0 amide bonds. The Kier molecular flexibility index (Phi) is 3.93. The molecule has 6 heteroatoms. The first-order valence-corrected chi connectivity index (χ1v) is 9.75. The van der Waals surface area contributed by atoms with Crippen molar-refractivity contribution in [2.45, 2.75) is 24.6 Å². The maximum absolute atomic E-state index is 13.3. The second-order valence-electron chi connectivity index (χ2n) is 7.70. The minimum Gasteiger partial charge on any atom is -0.470 e. The summed E-state index contributed by atoms with van der Waals surface area (Å²) in [6.45, 7) is 2.11. The third kappa shape index (κ3) is 2.81. The van der Waals surface area contributed by atoms with E-state index < -0.39 is 0 Å². The summed E-state index contributed by atoms with van der Waals surface area (Å²) in [4.78, 5) is 1.52. The zero-order chi connectivity index (χ0) is 18.6. The number of likely N-dealkylation sites (tertiary alicyclic amines) is 1. The third-order valence-electron chi connectivity index (χ3n) is 5.91. The molecule has 1 fully saturated rings. The highest BCUT2D eigenvalue weighted by Gasteiger charge is 2.52. The smallest absolute Gasteiger partial charge is 0.191 e. The van der Waals surface area contributed by atoms with Crippen molar-refractivity contribution in [3.63, 3.8) is 0 Å². The van der Waals surface area contributed by atoms with Gasteiger partial charge in [0.05, 0.1) is 44.7 Å². The number of fused-ring (bicyclic) bond motifs is 4. The highest BCUT2D eigenvalue weighted by atomic mass is 35.5. The molecular weight excluding hydrogens is 365 g/mol. The van der Waals surface area contributed by atoms with Crippen LogP contribution in [0.25, 0.3) is 5.70 Å². The number of nitrogens with zero attached hydrogens (tertiary/aromatic N) is 1. The SMILES string of the molecule is C[NH+]1CCC2(CC1)Oc1ccc(Cl)cc1C1C=C(c3ccc(F)cc3)NN12. The fourth-order valence-electron chi connectivity index (χ4n) is 4.35. The van der Waals surface area contributed by atoms with Crippen LogP contribution in [0.2, 0.25) is 5.02 Å². The average molecular weight is 387 g/mol. The van der Waals surface area contributed by atoms with Crippen molar-refractivity contribution in [3.8, 4) is 5.75 Å². The van der Waals surface area contributed by atoms with Crippen LogP contribution in [0.15, 0.2) is 48.5 Å². The molecule has 2 aromatic carbocycles. The first-order chi connectivity index (χ1) is 13.0. The predicted molar refractivity (Wildman–Crippen MR) is 103 cm³/mol. The molecule has 0 radical (unpaired) electrons. The molecule has 1 atom stereocenters. The first kappa shape index (κ1) is 17.0. The van der Waals surface area contributed by atoms with Crippen molar-refractivity contribution in [3.05, 3.63) is 70.5 Å². The van der Waals surface area contributed by atoms with E-state index in [1.165, 1.54) is 17.0 Å². The molecule has 0 aliphatic carbocycles. The second kappa shape index (κ2) is 6.23. The number of hydrogen-bond acceptors (Lipinski definition) is 3. The summed E-state index contributed by atoms with van der Waals surface area (Å²) in [5.41, 5.74) is 6.17. The number of quaternary nitrogens is 1. The minimum absolute atomic E-state index is 0.0332. The van der Waals surface area contributed by atoms with Crippen LogP contribution in [-0.2, 0) is 0 Å². The van der Waals surface area contributed by atoms with Gasteiger partial charge in [-0.15, -0.1) is 0 Å². The molecular formula is C21H22ClFN3O+. The second-order valence-corrected chi connectivity index (χ2v) is 8.14. The van der Waals surface area contributed by atoms with Crippen LogP contribution in [0.3, 0.4) is 0 Å². The van der Waals surface area contributed by atoms with E-state index in [-0.39, 0.29) is 17.6 Å². The number of benzene rings is 2. The van der Waals surface area contributed by atoms with E-state index in [9.17, 15) is 4.39 Å². The van der Waals surface area contributed by atoms with Gasteiger partial charge in [0.1, 0.15) is 11.6 Å². The molecule has 0 bridgehead atoms. The molecule has 3 aliphatic heterocycles. The lowest BCUT2D eigenvalue weighted by atomic mass is 9.93. The van der Waals surface area contributed by atoms with Crippen molar-refractivity contribution in [1.82, 2.24) is 10.4 Å². The molecule has 27 heavy (non-hydrogen) atoms. The molecule has 140 valence electrons. The average Bonchev–Trinajstić information content (AvgIpc) is 3.12. The number of hydrogen-bond donors (Lipinski definition) is 2. The molecule has 1 saturated heterocycles. The Bertz CT molecular complexity index is 906. The zero-order valence-corrected chi connectivity index (χ0v) is 15.9. The van der Waals surface area contributed by atoms with E-state index in [1.807, 2.05) is 18.2 Å². The topological polar surface area (TPSA) is 28.9 Å². The van der Waals surface area contributed by atoms with Gasteiger partial charge in [-0.05, 0) is 54.1 Å². The maximum Gasteiger partial charge on any atom is 0.191 e. The molecule has 0 saturated carbocycles. The van der Waals surface area contributed by atoms with Gasteiger partial charge in [0, 0.05) is 10.6 Å². The first-order valence-electron chi connectivity index (χ1n) is 9.38. The van der Waals surface area contributed by atoms with Crippen LogP contribution in [-0.4, -0.2) is 30.9 Å². The fourth-order valence-corrected chi connectivity index (χ4v) is 4.53. The highest BCUT2D eigenvalue weighted by molar-refractivity contribution is 6.30. The van der Waals surface area contributed by atoms with Crippen LogP contribution < -0.4 is 15.1 Å². The van der Waals surface area contributed by atoms with Gasteiger partial charge in [-0.25, -0.2) is 4.39 Å². The summed E-state index contributed by atoms with van der Waals surface area (Å²) in [5, 5.41) is 2.93. The van der Waals surface area contributed by atoms with Crippen LogP contribution in [0.5, 0.6) is 5.75 Å². The van der Waals surface area contributed by atoms with Gasteiger partial charge in [0.15, 0.2) is 5.72 Å². The Morgan fingerprint density at radius 2 is 1.93 bits per heavy atom. The monoisotopic (exact) mass is 386 g/mol. The van der Waals surface area contributed by atoms with Crippen LogP contribution >= 0.6 is 11.6 Å². The van der Waals surface area contributed by atoms with Gasteiger partial charge in [-0.3, -0.25) is 0 Å². The van der Waals surface area contributed by atoms with Crippen molar-refractivity contribution >= 4 is 17.3 Å².